The van der Waals surface area contributed by atoms with Crippen molar-refractivity contribution >= 4 is 23.4 Å². The largest absolute Gasteiger partial charge is 0.481 e. The highest BCUT2D eigenvalue weighted by atomic mass is 16.6. The fourth-order valence-electron chi connectivity index (χ4n) is 2.04. The Kier molecular flexibility index (Phi) is 4.01. The molecule has 1 N–H and O–H groups in total. The van der Waals surface area contributed by atoms with Crippen LogP contribution in [0.2, 0.25) is 0 Å². The van der Waals surface area contributed by atoms with Gasteiger partial charge in [-0.25, -0.2) is 9.78 Å². The highest BCUT2D eigenvalue weighted by Crippen LogP contribution is 2.34. The molecule has 0 aliphatic carbocycles. The van der Waals surface area contributed by atoms with Crippen molar-refractivity contribution in [2.24, 2.45) is 5.92 Å². The lowest BCUT2D eigenvalue weighted by molar-refractivity contribution is -0.384. The quantitative estimate of drug-likeness (QED) is 0.478. The van der Waals surface area contributed by atoms with Crippen molar-refractivity contribution in [1.82, 2.24) is 4.98 Å². The van der Waals surface area contributed by atoms with E-state index in [0.29, 0.717) is 0 Å². The molecule has 9 heteroatoms. The molecule has 0 saturated carbocycles. The van der Waals surface area contributed by atoms with Crippen molar-refractivity contribution < 1.29 is 24.4 Å². The Morgan fingerprint density at radius 3 is 2.76 bits per heavy atom. The van der Waals surface area contributed by atoms with E-state index in [1.54, 1.807) is 6.92 Å². The first-order chi connectivity index (χ1) is 9.95. The highest BCUT2D eigenvalue weighted by Gasteiger charge is 2.38. The van der Waals surface area contributed by atoms with E-state index < -0.39 is 28.5 Å². The Morgan fingerprint density at radius 1 is 1.57 bits per heavy atom. The summed E-state index contributed by atoms with van der Waals surface area (Å²) in [5.74, 6) is -2.36. The summed E-state index contributed by atoms with van der Waals surface area (Å²) in [6.45, 7) is 1.93. The van der Waals surface area contributed by atoms with E-state index in [2.05, 4.69) is 4.98 Å². The van der Waals surface area contributed by atoms with Gasteiger partial charge >= 0.3 is 17.6 Å². The molecule has 2 rings (SSSR count). The SMILES string of the molecule is CCOC(=O)c1ccnc(N2CC(C(=O)O)C2)c1[N+](=O)[O-]. The monoisotopic (exact) mass is 295 g/mol. The minimum Gasteiger partial charge on any atom is -0.481 e. The summed E-state index contributed by atoms with van der Waals surface area (Å²) < 4.78 is 4.78. The van der Waals surface area contributed by atoms with Crippen LogP contribution in [-0.2, 0) is 9.53 Å². The van der Waals surface area contributed by atoms with Crippen LogP contribution in [0.15, 0.2) is 12.3 Å². The number of aromatic nitrogens is 1. The topological polar surface area (TPSA) is 123 Å². The second-order valence-corrected chi connectivity index (χ2v) is 4.45. The van der Waals surface area contributed by atoms with E-state index in [0.717, 1.165) is 0 Å². The number of ether oxygens (including phenoxy) is 1. The first kappa shape index (κ1) is 14.7. The molecule has 1 saturated heterocycles. The summed E-state index contributed by atoms with van der Waals surface area (Å²) in [7, 11) is 0. The van der Waals surface area contributed by atoms with Gasteiger partial charge in [-0.2, -0.15) is 0 Å². The van der Waals surface area contributed by atoms with Crippen LogP contribution in [0, 0.1) is 16.0 Å². The van der Waals surface area contributed by atoms with Gasteiger partial charge in [-0.15, -0.1) is 0 Å². The lowest BCUT2D eigenvalue weighted by Crippen LogP contribution is -2.51. The molecule has 21 heavy (non-hydrogen) atoms. The third-order valence-electron chi connectivity index (χ3n) is 3.11. The number of esters is 1. The van der Waals surface area contributed by atoms with Crippen LogP contribution in [0.5, 0.6) is 0 Å². The maximum atomic E-state index is 11.8. The molecule has 0 aromatic carbocycles. The highest BCUT2D eigenvalue weighted by molar-refractivity contribution is 5.96. The number of nitro groups is 1. The van der Waals surface area contributed by atoms with Crippen molar-refractivity contribution in [3.63, 3.8) is 0 Å². The van der Waals surface area contributed by atoms with Crippen molar-refractivity contribution in [3.05, 3.63) is 27.9 Å². The minimum absolute atomic E-state index is 0.0111. The fourth-order valence-corrected chi connectivity index (χ4v) is 2.04. The molecule has 9 nitrogen and oxygen atoms in total. The van der Waals surface area contributed by atoms with Crippen LogP contribution >= 0.6 is 0 Å². The number of pyridine rings is 1. The average Bonchev–Trinajstić information content (AvgIpc) is 2.36. The first-order valence-corrected chi connectivity index (χ1v) is 6.24. The van der Waals surface area contributed by atoms with E-state index in [-0.39, 0.29) is 31.1 Å². The Bertz CT molecular complexity index is 597. The number of aliphatic carboxylic acids is 1. The number of carboxylic acids is 1. The van der Waals surface area contributed by atoms with Crippen LogP contribution in [0.1, 0.15) is 17.3 Å². The van der Waals surface area contributed by atoms with E-state index in [1.165, 1.54) is 17.2 Å². The summed E-state index contributed by atoms with van der Waals surface area (Å²) in [5.41, 5.74) is -0.648. The van der Waals surface area contributed by atoms with Gasteiger partial charge in [0.1, 0.15) is 5.56 Å². The van der Waals surface area contributed by atoms with E-state index in [4.69, 9.17) is 9.84 Å². The molecule has 0 radical (unpaired) electrons. The van der Waals surface area contributed by atoms with Crippen LogP contribution in [-0.4, -0.2) is 46.6 Å². The summed E-state index contributed by atoms with van der Waals surface area (Å²) in [6.07, 6.45) is 1.27. The molecular formula is C12H13N3O6. The molecule has 1 aliphatic heterocycles. The molecule has 1 aromatic heterocycles. The predicted molar refractivity (Wildman–Crippen MR) is 70.2 cm³/mol. The Morgan fingerprint density at radius 2 is 2.24 bits per heavy atom. The minimum atomic E-state index is -0.963. The molecule has 1 fully saturated rings. The smallest absolute Gasteiger partial charge is 0.345 e. The number of nitrogens with zero attached hydrogens (tertiary/aromatic N) is 3. The Balaban J connectivity index is 2.34. The second-order valence-electron chi connectivity index (χ2n) is 4.45. The molecule has 1 aliphatic rings. The molecular weight excluding hydrogens is 282 g/mol. The van der Waals surface area contributed by atoms with Gasteiger partial charge in [0.25, 0.3) is 0 Å². The molecule has 0 atom stereocenters. The van der Waals surface area contributed by atoms with Crippen LogP contribution in [0.4, 0.5) is 11.5 Å². The van der Waals surface area contributed by atoms with Gasteiger partial charge in [0.2, 0.25) is 5.82 Å². The van der Waals surface area contributed by atoms with Gasteiger partial charge in [0, 0.05) is 19.3 Å². The van der Waals surface area contributed by atoms with Gasteiger partial charge in [-0.3, -0.25) is 14.9 Å². The number of carbonyl (C=O) groups is 2. The van der Waals surface area contributed by atoms with Crippen molar-refractivity contribution in [1.29, 1.82) is 0 Å². The molecule has 1 aromatic rings. The number of hydrogen-bond donors (Lipinski definition) is 1. The van der Waals surface area contributed by atoms with Gasteiger partial charge in [-0.1, -0.05) is 0 Å². The number of carboxylic acid groups (broad SMARTS) is 1. The van der Waals surface area contributed by atoms with Gasteiger partial charge in [0.15, 0.2) is 0 Å². The maximum absolute atomic E-state index is 11.8. The van der Waals surface area contributed by atoms with Crippen LogP contribution in [0.3, 0.4) is 0 Å². The molecule has 0 unspecified atom stereocenters. The summed E-state index contributed by atoms with van der Waals surface area (Å²) in [5, 5.41) is 20.1. The zero-order valence-electron chi connectivity index (χ0n) is 11.2. The summed E-state index contributed by atoms with van der Waals surface area (Å²) >= 11 is 0. The standard InChI is InChI=1S/C12H13N3O6/c1-2-21-12(18)8-3-4-13-10(9(8)15(19)20)14-5-7(6-14)11(16)17/h3-4,7H,2,5-6H2,1H3,(H,16,17). The summed E-state index contributed by atoms with van der Waals surface area (Å²) in [4.78, 5) is 38.4. The zero-order valence-corrected chi connectivity index (χ0v) is 11.2. The molecule has 2 heterocycles. The van der Waals surface area contributed by atoms with Gasteiger partial charge in [0.05, 0.1) is 17.4 Å². The van der Waals surface area contributed by atoms with E-state index in [1.807, 2.05) is 0 Å². The van der Waals surface area contributed by atoms with Crippen molar-refractivity contribution in [2.45, 2.75) is 6.92 Å². The lowest BCUT2D eigenvalue weighted by Gasteiger charge is -2.37. The van der Waals surface area contributed by atoms with Crippen LogP contribution in [0.25, 0.3) is 0 Å². The number of rotatable bonds is 5. The number of carbonyl (C=O) groups excluding carboxylic acids is 1. The Hall–Kier alpha value is -2.71. The molecule has 0 amide bonds. The van der Waals surface area contributed by atoms with Crippen LogP contribution < -0.4 is 4.90 Å². The molecule has 0 spiro atoms. The molecule has 0 bridgehead atoms. The normalized spacial score (nSPS) is 14.4. The Labute approximate surface area is 119 Å². The van der Waals surface area contributed by atoms with E-state index in [9.17, 15) is 19.7 Å². The van der Waals surface area contributed by atoms with Gasteiger partial charge in [-0.05, 0) is 13.0 Å². The zero-order chi connectivity index (χ0) is 15.6. The number of anilines is 1. The predicted octanol–water partition coefficient (Wildman–Crippen LogP) is 0.687. The fraction of sp³-hybridized carbons (Fsp3) is 0.417. The second kappa shape index (κ2) is 5.73. The first-order valence-electron chi connectivity index (χ1n) is 6.24. The lowest BCUT2D eigenvalue weighted by atomic mass is 10.00. The maximum Gasteiger partial charge on any atom is 0.345 e. The number of hydrogen-bond acceptors (Lipinski definition) is 7. The van der Waals surface area contributed by atoms with E-state index >= 15 is 0 Å². The van der Waals surface area contributed by atoms with Gasteiger partial charge < -0.3 is 14.7 Å². The molecule has 112 valence electrons. The average molecular weight is 295 g/mol. The third kappa shape index (κ3) is 2.76. The van der Waals surface area contributed by atoms with Crippen molar-refractivity contribution in [2.75, 3.05) is 24.6 Å². The van der Waals surface area contributed by atoms with Crippen molar-refractivity contribution in [3.8, 4) is 0 Å². The summed E-state index contributed by atoms with van der Waals surface area (Å²) in [6, 6.07) is 1.22. The third-order valence-corrected chi connectivity index (χ3v) is 3.11.